The molecule has 3 aromatic rings. The number of carbonyl (C=O) groups excluding carboxylic acids is 4. The fourth-order valence-corrected chi connectivity index (χ4v) is 5.44. The van der Waals surface area contributed by atoms with Crippen LogP contribution in [0.3, 0.4) is 0 Å². The fraction of sp³-hybridized carbons (Fsp3) is 0.472. The van der Waals surface area contributed by atoms with Gasteiger partial charge in [-0.2, -0.15) is 0 Å². The van der Waals surface area contributed by atoms with Gasteiger partial charge in [0.25, 0.3) is 11.8 Å². The number of nitrogens with one attached hydrogen (secondary N) is 3. The summed E-state index contributed by atoms with van der Waals surface area (Å²) in [5, 5.41) is 8.01. The maximum absolute atomic E-state index is 14.1. The first-order valence-corrected chi connectivity index (χ1v) is 16.6. The zero-order valence-corrected chi connectivity index (χ0v) is 29.5. The third-order valence-electron chi connectivity index (χ3n) is 7.94. The first kappa shape index (κ1) is 38.0. The number of ether oxygens (including phenoxy) is 2. The highest BCUT2D eigenvalue weighted by molar-refractivity contribution is 5.98. The predicted octanol–water partition coefficient (Wildman–Crippen LogP) is 3.98. The Kier molecular flexibility index (Phi) is 13.1. The van der Waals surface area contributed by atoms with Crippen molar-refractivity contribution in [2.45, 2.75) is 83.3 Å². The number of aromatic nitrogens is 2. The number of anilines is 1. The number of rotatable bonds is 15. The Balaban J connectivity index is 1.52. The third-order valence-corrected chi connectivity index (χ3v) is 7.94. The van der Waals surface area contributed by atoms with Crippen molar-refractivity contribution in [2.24, 2.45) is 0 Å². The molecule has 270 valence electrons. The van der Waals surface area contributed by atoms with Crippen LogP contribution in [-0.2, 0) is 40.2 Å². The summed E-state index contributed by atoms with van der Waals surface area (Å²) in [6, 6.07) is 16.6. The van der Waals surface area contributed by atoms with Crippen molar-refractivity contribution >= 4 is 29.6 Å². The highest BCUT2D eigenvalue weighted by atomic mass is 17.2. The van der Waals surface area contributed by atoms with Crippen LogP contribution >= 0.6 is 0 Å². The van der Waals surface area contributed by atoms with E-state index in [0.717, 1.165) is 24.0 Å². The maximum atomic E-state index is 14.1. The van der Waals surface area contributed by atoms with Gasteiger partial charge < -0.3 is 34.9 Å². The summed E-state index contributed by atoms with van der Waals surface area (Å²) in [6.07, 6.45) is 3.89. The number of benzene rings is 2. The fourth-order valence-electron chi connectivity index (χ4n) is 5.44. The molecule has 0 aliphatic carbocycles. The van der Waals surface area contributed by atoms with Crippen molar-refractivity contribution in [3.05, 3.63) is 84.3 Å². The topological polar surface area (TPSA) is 162 Å². The second-order valence-electron chi connectivity index (χ2n) is 13.6. The summed E-state index contributed by atoms with van der Waals surface area (Å²) < 4.78 is 12.8. The average Bonchev–Trinajstić information content (AvgIpc) is 3.73. The number of hydrogen-bond donors (Lipinski definition) is 3. The summed E-state index contributed by atoms with van der Waals surface area (Å²) in [6.45, 7) is 8.98. The van der Waals surface area contributed by atoms with Gasteiger partial charge in [-0.05, 0) is 58.6 Å². The number of imidazole rings is 1. The van der Waals surface area contributed by atoms with Crippen LogP contribution in [0, 0.1) is 0 Å². The Morgan fingerprint density at radius 2 is 1.66 bits per heavy atom. The van der Waals surface area contributed by atoms with Gasteiger partial charge in [0.05, 0.1) is 32.7 Å². The second kappa shape index (κ2) is 17.2. The van der Waals surface area contributed by atoms with Crippen LogP contribution in [0.25, 0.3) is 0 Å². The molecule has 4 amide bonds. The lowest BCUT2D eigenvalue weighted by molar-refractivity contribution is -0.278. The minimum Gasteiger partial charge on any atom is -0.444 e. The van der Waals surface area contributed by atoms with Crippen LogP contribution in [0.5, 0.6) is 0 Å². The minimum atomic E-state index is -1.44. The normalized spacial score (nSPS) is 16.0. The molecule has 50 heavy (non-hydrogen) atoms. The molecule has 1 aliphatic rings. The first-order valence-electron chi connectivity index (χ1n) is 16.6. The molecule has 1 saturated heterocycles. The van der Waals surface area contributed by atoms with Crippen LogP contribution in [0.1, 0.15) is 64.6 Å². The van der Waals surface area contributed by atoms with E-state index in [1.54, 1.807) is 36.4 Å². The van der Waals surface area contributed by atoms with Crippen LogP contribution < -0.4 is 16.0 Å². The molecular formula is C36H48N6O8. The monoisotopic (exact) mass is 692 g/mol. The average molecular weight is 693 g/mol. The molecule has 3 atom stereocenters. The van der Waals surface area contributed by atoms with Gasteiger partial charge in [0, 0.05) is 12.7 Å². The summed E-state index contributed by atoms with van der Waals surface area (Å²) in [5.74, 6) is -1.22. The smallest absolute Gasteiger partial charge is 0.408 e. The van der Waals surface area contributed by atoms with E-state index >= 15 is 0 Å². The molecule has 0 saturated carbocycles. The van der Waals surface area contributed by atoms with Crippen LogP contribution in [0.2, 0.25) is 0 Å². The molecule has 0 radical (unpaired) electrons. The molecule has 3 N–H and O–H groups in total. The lowest BCUT2D eigenvalue weighted by Gasteiger charge is -2.29. The molecule has 0 spiro atoms. The Labute approximate surface area is 292 Å². The van der Waals surface area contributed by atoms with Gasteiger partial charge in [-0.25, -0.2) is 19.6 Å². The zero-order valence-electron chi connectivity index (χ0n) is 29.5. The molecule has 1 fully saturated rings. The quantitative estimate of drug-likeness (QED) is 0.158. The summed E-state index contributed by atoms with van der Waals surface area (Å²) in [5.41, 5.74) is -0.584. The molecule has 14 nitrogen and oxygen atoms in total. The van der Waals surface area contributed by atoms with Crippen molar-refractivity contribution in [3.63, 3.8) is 0 Å². The maximum Gasteiger partial charge on any atom is 0.408 e. The highest BCUT2D eigenvalue weighted by Crippen LogP contribution is 2.27. The van der Waals surface area contributed by atoms with Gasteiger partial charge in [0.1, 0.15) is 29.8 Å². The molecule has 1 aliphatic heterocycles. The van der Waals surface area contributed by atoms with E-state index in [1.807, 2.05) is 60.7 Å². The van der Waals surface area contributed by atoms with E-state index in [4.69, 9.17) is 19.2 Å². The van der Waals surface area contributed by atoms with E-state index < -0.39 is 41.1 Å². The van der Waals surface area contributed by atoms with Crippen molar-refractivity contribution in [2.75, 3.05) is 32.2 Å². The molecule has 4 rings (SSSR count). The predicted molar refractivity (Wildman–Crippen MR) is 185 cm³/mol. The third kappa shape index (κ3) is 10.9. The van der Waals surface area contributed by atoms with Gasteiger partial charge in [0.15, 0.2) is 5.82 Å². The number of amides is 4. The van der Waals surface area contributed by atoms with Gasteiger partial charge in [-0.15, -0.1) is 0 Å². The second-order valence-corrected chi connectivity index (χ2v) is 13.6. The van der Waals surface area contributed by atoms with Gasteiger partial charge in [-0.3, -0.25) is 14.4 Å². The Morgan fingerprint density at radius 3 is 2.32 bits per heavy atom. The van der Waals surface area contributed by atoms with Crippen LogP contribution in [-0.4, -0.2) is 88.4 Å². The Morgan fingerprint density at radius 1 is 0.980 bits per heavy atom. The number of carbonyl (C=O) groups is 4. The van der Waals surface area contributed by atoms with Crippen molar-refractivity contribution in [1.82, 2.24) is 25.1 Å². The Hall–Kier alpha value is -4.79. The van der Waals surface area contributed by atoms with Crippen molar-refractivity contribution < 1.29 is 38.4 Å². The lowest BCUT2D eigenvalue weighted by atomic mass is 10.0. The number of hydrogen-bond acceptors (Lipinski definition) is 9. The molecular weight excluding hydrogens is 644 g/mol. The largest absolute Gasteiger partial charge is 0.444 e. The van der Waals surface area contributed by atoms with Crippen molar-refractivity contribution in [3.8, 4) is 0 Å². The molecule has 2 aromatic carbocycles. The summed E-state index contributed by atoms with van der Waals surface area (Å²) in [7, 11) is 1.43. The van der Waals surface area contributed by atoms with Gasteiger partial charge >= 0.3 is 6.09 Å². The van der Waals surface area contributed by atoms with E-state index in [0.29, 0.717) is 6.54 Å². The van der Waals surface area contributed by atoms with E-state index in [9.17, 15) is 19.2 Å². The minimum absolute atomic E-state index is 0.146. The van der Waals surface area contributed by atoms with Crippen molar-refractivity contribution in [1.29, 1.82) is 0 Å². The zero-order chi connectivity index (χ0) is 36.3. The molecule has 0 bridgehead atoms. The Bertz CT molecular complexity index is 1570. The van der Waals surface area contributed by atoms with Gasteiger partial charge in [-0.1, -0.05) is 60.7 Å². The molecule has 14 heteroatoms. The summed E-state index contributed by atoms with van der Waals surface area (Å²) in [4.78, 5) is 69.8. The molecule has 2 unspecified atom stereocenters. The highest BCUT2D eigenvalue weighted by Gasteiger charge is 2.37. The first-order chi connectivity index (χ1) is 23.8. The molecule has 2 heterocycles. The lowest BCUT2D eigenvalue weighted by Crippen LogP contribution is -2.59. The van der Waals surface area contributed by atoms with E-state index in [1.165, 1.54) is 27.3 Å². The molecule has 1 aromatic heterocycles. The van der Waals surface area contributed by atoms with E-state index in [2.05, 4.69) is 20.9 Å². The number of likely N-dealkylation sites (tertiary alicyclic amines) is 1. The van der Waals surface area contributed by atoms with E-state index in [-0.39, 0.29) is 37.6 Å². The van der Waals surface area contributed by atoms with Crippen LogP contribution in [0.15, 0.2) is 73.2 Å². The summed E-state index contributed by atoms with van der Waals surface area (Å²) >= 11 is 0. The SMILES string of the molecule is COOCC1CCCN1C(=O)C(c1ccccc1)n1cnc(NC(=O)[C@@H](COCc2ccccc2)NC(=O)C(C)(C)NC(=O)OC(C)(C)C)c1. The standard InChI is InChI=1S/C36H48N6O8/c1-35(2,3)50-34(46)40-36(4,5)33(45)38-28(23-48-21-25-14-9-7-10-15-25)31(43)39-29-20-41(24-37-29)30(26-16-11-8-12-17-26)32(44)42-19-13-18-27(42)22-49-47-6/h7-12,14-17,20,24,27-28,30H,13,18-19,21-23H2,1-6H3,(H,38,45)(H,39,43)(H,40,46)/t27?,28-,30?/m1/s1. The number of nitrogens with zero attached hydrogens (tertiary/aromatic N) is 3. The van der Waals surface area contributed by atoms with Gasteiger partial charge in [0.2, 0.25) is 5.91 Å². The van der Waals surface area contributed by atoms with Crippen LogP contribution in [0.4, 0.5) is 10.6 Å². The number of alkyl carbamates (subject to hydrolysis) is 1.